The minimum atomic E-state index is -0.838. The molecule has 1 unspecified atom stereocenters. The summed E-state index contributed by atoms with van der Waals surface area (Å²) in [7, 11) is 0. The highest BCUT2D eigenvalue weighted by atomic mass is 35.5. The second-order valence-electron chi connectivity index (χ2n) is 7.99. The first-order valence-corrected chi connectivity index (χ1v) is 13.8. The topological polar surface area (TPSA) is 96.3 Å². The SMILES string of the molecule is Cc1nc(C)c(C(=O)C2=C(O)C(=O)N(c3nnc(SCc4ccc(Cl)cc4)s3)C2c2ccccc2)s1. The fraction of sp³-hybridized carbons (Fsp3) is 0.160. The number of halogens is 1. The molecule has 1 atom stereocenters. The lowest BCUT2D eigenvalue weighted by Crippen LogP contribution is -2.31. The highest BCUT2D eigenvalue weighted by Gasteiger charge is 2.46. The number of hydrogen-bond acceptors (Lipinski definition) is 9. The summed E-state index contributed by atoms with van der Waals surface area (Å²) in [4.78, 5) is 33.0. The normalized spacial score (nSPS) is 15.7. The number of aromatic nitrogens is 3. The maximum absolute atomic E-state index is 13.6. The first-order chi connectivity index (χ1) is 17.3. The van der Waals surface area contributed by atoms with Crippen molar-refractivity contribution in [3.05, 3.63) is 97.7 Å². The summed E-state index contributed by atoms with van der Waals surface area (Å²) in [6.45, 7) is 3.56. The van der Waals surface area contributed by atoms with Crippen LogP contribution in [0.25, 0.3) is 0 Å². The van der Waals surface area contributed by atoms with E-state index in [0.717, 1.165) is 10.6 Å². The Hall–Kier alpha value is -3.05. The van der Waals surface area contributed by atoms with Crippen LogP contribution in [0.15, 0.2) is 70.3 Å². The van der Waals surface area contributed by atoms with Gasteiger partial charge in [0.2, 0.25) is 10.9 Å². The van der Waals surface area contributed by atoms with Crippen LogP contribution in [0.2, 0.25) is 5.02 Å². The van der Waals surface area contributed by atoms with Gasteiger partial charge in [0, 0.05) is 10.8 Å². The maximum Gasteiger partial charge on any atom is 0.296 e. The lowest BCUT2D eigenvalue weighted by molar-refractivity contribution is -0.117. The van der Waals surface area contributed by atoms with E-state index in [1.807, 2.05) is 61.5 Å². The van der Waals surface area contributed by atoms with Gasteiger partial charge in [0.1, 0.15) is 0 Å². The molecule has 3 heterocycles. The van der Waals surface area contributed by atoms with E-state index in [9.17, 15) is 14.7 Å². The standard InChI is InChI=1S/C25H19ClN4O3S3/c1-13-22(35-14(2)27-13)20(31)18-19(16-6-4-3-5-7-16)30(23(33)21(18)32)24-28-29-25(36-24)34-12-15-8-10-17(26)11-9-15/h3-11,19,32H,12H2,1-2H3. The molecule has 4 aromatic rings. The molecule has 2 aromatic carbocycles. The van der Waals surface area contributed by atoms with Crippen molar-refractivity contribution in [3.8, 4) is 0 Å². The number of Topliss-reactive ketones (excluding diaryl/α,β-unsaturated/α-hetero) is 1. The van der Waals surface area contributed by atoms with Crippen molar-refractivity contribution in [2.45, 2.75) is 30.0 Å². The Morgan fingerprint density at radius 1 is 1.08 bits per heavy atom. The van der Waals surface area contributed by atoms with Crippen LogP contribution < -0.4 is 4.90 Å². The fourth-order valence-electron chi connectivity index (χ4n) is 3.93. The van der Waals surface area contributed by atoms with Crippen molar-refractivity contribution in [1.82, 2.24) is 15.2 Å². The van der Waals surface area contributed by atoms with Gasteiger partial charge in [-0.05, 0) is 37.1 Å². The monoisotopic (exact) mass is 554 g/mol. The maximum atomic E-state index is 13.6. The second-order valence-corrected chi connectivity index (χ2v) is 11.8. The Morgan fingerprint density at radius 2 is 1.81 bits per heavy atom. The third-order valence-electron chi connectivity index (χ3n) is 5.56. The summed E-state index contributed by atoms with van der Waals surface area (Å²) in [5.74, 6) is -1.03. The van der Waals surface area contributed by atoms with E-state index >= 15 is 0 Å². The molecule has 0 saturated heterocycles. The summed E-state index contributed by atoms with van der Waals surface area (Å²) in [5, 5.41) is 21.1. The van der Waals surface area contributed by atoms with Gasteiger partial charge in [-0.2, -0.15) is 0 Å². The van der Waals surface area contributed by atoms with Crippen molar-refractivity contribution in [2.24, 2.45) is 0 Å². The van der Waals surface area contributed by atoms with Crippen LogP contribution in [-0.4, -0.2) is 32.0 Å². The number of carbonyl (C=O) groups excluding carboxylic acids is 2. The molecular formula is C25H19ClN4O3S3. The minimum absolute atomic E-state index is 0.0171. The van der Waals surface area contributed by atoms with Gasteiger partial charge in [-0.15, -0.1) is 21.5 Å². The van der Waals surface area contributed by atoms with Crippen molar-refractivity contribution < 1.29 is 14.7 Å². The van der Waals surface area contributed by atoms with Gasteiger partial charge in [-0.3, -0.25) is 14.5 Å². The Labute approximate surface area is 224 Å². The first-order valence-electron chi connectivity index (χ1n) is 10.8. The summed E-state index contributed by atoms with van der Waals surface area (Å²) in [6, 6.07) is 15.8. The van der Waals surface area contributed by atoms with Gasteiger partial charge >= 0.3 is 0 Å². The number of carbonyl (C=O) groups is 2. The van der Waals surface area contributed by atoms with Crippen molar-refractivity contribution in [1.29, 1.82) is 0 Å². The number of ketones is 1. The van der Waals surface area contributed by atoms with Crippen LogP contribution >= 0.6 is 46.0 Å². The number of thioether (sulfide) groups is 1. The molecule has 5 rings (SSSR count). The number of rotatable bonds is 7. The summed E-state index contributed by atoms with van der Waals surface area (Å²) < 4.78 is 0.660. The number of aliphatic hydroxyl groups excluding tert-OH is 1. The van der Waals surface area contributed by atoms with Crippen LogP contribution in [-0.2, 0) is 10.5 Å². The van der Waals surface area contributed by atoms with Crippen molar-refractivity contribution in [3.63, 3.8) is 0 Å². The zero-order valence-corrected chi connectivity index (χ0v) is 22.3. The lowest BCUT2D eigenvalue weighted by Gasteiger charge is -2.23. The van der Waals surface area contributed by atoms with Gasteiger partial charge in [0.25, 0.3) is 5.91 Å². The van der Waals surface area contributed by atoms with Gasteiger partial charge in [-0.1, -0.05) is 77.2 Å². The van der Waals surface area contributed by atoms with Crippen molar-refractivity contribution >= 4 is 62.9 Å². The molecule has 1 N–H and O–H groups in total. The second kappa shape index (κ2) is 10.1. The number of aryl methyl sites for hydroxylation is 2. The predicted molar refractivity (Wildman–Crippen MR) is 143 cm³/mol. The van der Waals surface area contributed by atoms with E-state index in [0.29, 0.717) is 36.4 Å². The van der Waals surface area contributed by atoms with Crippen LogP contribution in [0.5, 0.6) is 0 Å². The van der Waals surface area contributed by atoms with Gasteiger partial charge in [-0.25, -0.2) is 4.98 Å². The first kappa shape index (κ1) is 24.6. The molecule has 0 bridgehead atoms. The zero-order chi connectivity index (χ0) is 25.4. The summed E-state index contributed by atoms with van der Waals surface area (Å²) in [5.41, 5.74) is 2.34. The Kier molecular flexibility index (Phi) is 6.94. The Morgan fingerprint density at radius 3 is 2.47 bits per heavy atom. The highest BCUT2D eigenvalue weighted by molar-refractivity contribution is 8.00. The Bertz CT molecular complexity index is 1480. The van der Waals surface area contributed by atoms with E-state index in [1.54, 1.807) is 6.92 Å². The summed E-state index contributed by atoms with van der Waals surface area (Å²) in [6.07, 6.45) is 0. The molecule has 1 aliphatic rings. The average molecular weight is 555 g/mol. The highest BCUT2D eigenvalue weighted by Crippen LogP contribution is 2.44. The van der Waals surface area contributed by atoms with Crippen LogP contribution in [0.3, 0.4) is 0 Å². The number of aliphatic hydroxyl groups is 1. The zero-order valence-electron chi connectivity index (χ0n) is 19.1. The van der Waals surface area contributed by atoms with E-state index in [1.165, 1.54) is 39.3 Å². The van der Waals surface area contributed by atoms with E-state index < -0.39 is 23.5 Å². The molecular weight excluding hydrogens is 536 g/mol. The molecule has 11 heteroatoms. The third kappa shape index (κ3) is 4.69. The predicted octanol–water partition coefficient (Wildman–Crippen LogP) is 6.34. The molecule has 7 nitrogen and oxygen atoms in total. The molecule has 2 aromatic heterocycles. The molecule has 0 aliphatic carbocycles. The molecule has 1 aliphatic heterocycles. The van der Waals surface area contributed by atoms with Crippen LogP contribution in [0.1, 0.15) is 37.5 Å². The van der Waals surface area contributed by atoms with E-state index in [2.05, 4.69) is 15.2 Å². The van der Waals surface area contributed by atoms with Gasteiger partial charge < -0.3 is 5.11 Å². The number of nitrogens with zero attached hydrogens (tertiary/aromatic N) is 4. The fourth-order valence-corrected chi connectivity index (χ4v) is 6.76. The molecule has 0 radical (unpaired) electrons. The molecule has 0 spiro atoms. The largest absolute Gasteiger partial charge is 0.503 e. The smallest absolute Gasteiger partial charge is 0.296 e. The lowest BCUT2D eigenvalue weighted by atomic mass is 9.95. The number of anilines is 1. The molecule has 36 heavy (non-hydrogen) atoms. The number of benzene rings is 2. The van der Waals surface area contributed by atoms with Gasteiger partial charge in [0.15, 0.2) is 10.1 Å². The third-order valence-corrected chi connectivity index (χ3v) is 9.01. The van der Waals surface area contributed by atoms with Gasteiger partial charge in [0.05, 0.1) is 27.2 Å². The van der Waals surface area contributed by atoms with Crippen molar-refractivity contribution in [2.75, 3.05) is 4.90 Å². The van der Waals surface area contributed by atoms with E-state index in [-0.39, 0.29) is 5.57 Å². The molecule has 0 saturated carbocycles. The number of hydrogen-bond donors (Lipinski definition) is 1. The van der Waals surface area contributed by atoms with Crippen LogP contribution in [0, 0.1) is 13.8 Å². The quantitative estimate of drug-likeness (QED) is 0.162. The molecule has 1 amide bonds. The number of thiazole rings is 1. The Balaban J connectivity index is 1.48. The molecule has 0 fully saturated rings. The molecule has 182 valence electrons. The van der Waals surface area contributed by atoms with E-state index in [4.69, 9.17) is 11.6 Å². The minimum Gasteiger partial charge on any atom is -0.503 e. The van der Waals surface area contributed by atoms with Crippen LogP contribution in [0.4, 0.5) is 5.13 Å². The average Bonchev–Trinajstić information content (AvgIpc) is 3.55. The summed E-state index contributed by atoms with van der Waals surface area (Å²) >= 11 is 9.92. The number of amides is 1.